The van der Waals surface area contributed by atoms with E-state index in [4.69, 9.17) is 0 Å². The minimum atomic E-state index is -0.924. The van der Waals surface area contributed by atoms with E-state index in [9.17, 15) is 14.7 Å². The maximum absolute atomic E-state index is 12.6. The molecule has 2 N–H and O–H groups in total. The summed E-state index contributed by atoms with van der Waals surface area (Å²) in [5, 5.41) is 20.9. The van der Waals surface area contributed by atoms with Gasteiger partial charge in [-0.05, 0) is 49.9 Å². The average Bonchev–Trinajstić information content (AvgIpc) is 2.96. The Morgan fingerprint density at radius 3 is 2.50 bits per heavy atom. The van der Waals surface area contributed by atoms with E-state index in [2.05, 4.69) is 20.1 Å². The minimum absolute atomic E-state index is 0.249. The van der Waals surface area contributed by atoms with Gasteiger partial charge in [0.1, 0.15) is 5.82 Å². The standard InChI is InChI=1S/C21H24N4O3/c26-20(16-6-3-4-7-17(16)21(27)28)22-15-11-9-14(10-12-15)19-24-23-18-8-2-1-5-13-25(18)19/h3-4,9-12,16-17H,1-2,5-8,13H2,(H,22,26)(H,27,28). The smallest absolute Gasteiger partial charge is 0.307 e. The number of carbonyl (C=O) groups is 2. The van der Waals surface area contributed by atoms with Gasteiger partial charge in [-0.2, -0.15) is 0 Å². The number of allylic oxidation sites excluding steroid dienone is 2. The van der Waals surface area contributed by atoms with Gasteiger partial charge in [-0.3, -0.25) is 9.59 Å². The molecule has 0 radical (unpaired) electrons. The summed E-state index contributed by atoms with van der Waals surface area (Å²) < 4.78 is 2.19. The zero-order valence-corrected chi connectivity index (χ0v) is 15.7. The summed E-state index contributed by atoms with van der Waals surface area (Å²) in [4.78, 5) is 24.0. The molecule has 1 aromatic heterocycles. The van der Waals surface area contributed by atoms with Crippen molar-refractivity contribution in [1.29, 1.82) is 0 Å². The summed E-state index contributed by atoms with van der Waals surface area (Å²) in [6.07, 6.45) is 9.01. The number of fused-ring (bicyclic) bond motifs is 1. The Bertz CT molecular complexity index is 901. The van der Waals surface area contributed by atoms with Crippen LogP contribution in [0, 0.1) is 11.8 Å². The third-order valence-electron chi connectivity index (χ3n) is 5.61. The van der Waals surface area contributed by atoms with Crippen molar-refractivity contribution in [2.45, 2.75) is 45.1 Å². The number of aryl methyl sites for hydroxylation is 1. The highest BCUT2D eigenvalue weighted by molar-refractivity contribution is 5.95. The molecule has 4 rings (SSSR count). The SMILES string of the molecule is O=C(O)C1CC=CCC1C(=O)Nc1ccc(-c2nnc3n2CCCCC3)cc1. The van der Waals surface area contributed by atoms with Crippen LogP contribution in [0.3, 0.4) is 0 Å². The molecule has 28 heavy (non-hydrogen) atoms. The molecule has 2 unspecified atom stereocenters. The highest BCUT2D eigenvalue weighted by atomic mass is 16.4. The summed E-state index contributed by atoms with van der Waals surface area (Å²) in [5.74, 6) is -0.494. The second-order valence-corrected chi connectivity index (χ2v) is 7.46. The molecule has 1 aliphatic heterocycles. The van der Waals surface area contributed by atoms with Gasteiger partial charge in [0.15, 0.2) is 5.82 Å². The van der Waals surface area contributed by atoms with Crippen molar-refractivity contribution in [1.82, 2.24) is 14.8 Å². The third-order valence-corrected chi connectivity index (χ3v) is 5.61. The second-order valence-electron chi connectivity index (χ2n) is 7.46. The second kappa shape index (κ2) is 7.96. The lowest BCUT2D eigenvalue weighted by atomic mass is 9.82. The number of aliphatic carboxylic acids is 1. The molecule has 2 heterocycles. The Kier molecular flexibility index (Phi) is 5.23. The predicted molar refractivity (Wildman–Crippen MR) is 105 cm³/mol. The van der Waals surface area contributed by atoms with Crippen molar-refractivity contribution < 1.29 is 14.7 Å². The van der Waals surface area contributed by atoms with E-state index in [1.54, 1.807) is 0 Å². The summed E-state index contributed by atoms with van der Waals surface area (Å²) >= 11 is 0. The minimum Gasteiger partial charge on any atom is -0.481 e. The van der Waals surface area contributed by atoms with Crippen molar-refractivity contribution in [2.24, 2.45) is 11.8 Å². The Hall–Kier alpha value is -2.96. The van der Waals surface area contributed by atoms with Crippen molar-refractivity contribution in [3.8, 4) is 11.4 Å². The third kappa shape index (κ3) is 3.69. The van der Waals surface area contributed by atoms with Gasteiger partial charge in [0.05, 0.1) is 11.8 Å². The van der Waals surface area contributed by atoms with Gasteiger partial charge in [-0.15, -0.1) is 10.2 Å². The molecule has 0 saturated carbocycles. The molecule has 146 valence electrons. The average molecular weight is 380 g/mol. The highest BCUT2D eigenvalue weighted by Crippen LogP contribution is 2.28. The maximum Gasteiger partial charge on any atom is 0.307 e. The molecule has 1 aliphatic carbocycles. The fourth-order valence-corrected chi connectivity index (χ4v) is 4.01. The quantitative estimate of drug-likeness (QED) is 0.794. The molecule has 7 heteroatoms. The lowest BCUT2D eigenvalue weighted by Gasteiger charge is -2.24. The molecule has 1 aromatic carbocycles. The van der Waals surface area contributed by atoms with Gasteiger partial charge >= 0.3 is 5.97 Å². The van der Waals surface area contributed by atoms with Gasteiger partial charge < -0.3 is 15.0 Å². The van der Waals surface area contributed by atoms with Crippen LogP contribution in [-0.2, 0) is 22.6 Å². The summed E-state index contributed by atoms with van der Waals surface area (Å²) in [7, 11) is 0. The number of anilines is 1. The molecule has 1 amide bonds. The molecule has 0 bridgehead atoms. The number of nitrogens with one attached hydrogen (secondary N) is 1. The van der Waals surface area contributed by atoms with Crippen molar-refractivity contribution in [3.05, 3.63) is 42.2 Å². The van der Waals surface area contributed by atoms with Gasteiger partial charge in [0.25, 0.3) is 0 Å². The van der Waals surface area contributed by atoms with E-state index in [-0.39, 0.29) is 5.91 Å². The Morgan fingerprint density at radius 2 is 1.75 bits per heavy atom. The Morgan fingerprint density at radius 1 is 1.00 bits per heavy atom. The first-order chi connectivity index (χ1) is 13.6. The Labute approximate surface area is 163 Å². The van der Waals surface area contributed by atoms with E-state index in [0.29, 0.717) is 18.5 Å². The predicted octanol–water partition coefficient (Wildman–Crippen LogP) is 3.28. The van der Waals surface area contributed by atoms with Crippen LogP contribution in [0.2, 0.25) is 0 Å². The van der Waals surface area contributed by atoms with E-state index < -0.39 is 17.8 Å². The summed E-state index contributed by atoms with van der Waals surface area (Å²) in [5.41, 5.74) is 1.62. The topological polar surface area (TPSA) is 97.1 Å². The molecule has 0 saturated heterocycles. The van der Waals surface area contributed by atoms with Crippen LogP contribution >= 0.6 is 0 Å². The van der Waals surface area contributed by atoms with E-state index >= 15 is 0 Å². The van der Waals surface area contributed by atoms with Crippen molar-refractivity contribution >= 4 is 17.6 Å². The lowest BCUT2D eigenvalue weighted by Crippen LogP contribution is -2.34. The molecular weight excluding hydrogens is 356 g/mol. The van der Waals surface area contributed by atoms with Gasteiger partial charge in [0, 0.05) is 24.2 Å². The van der Waals surface area contributed by atoms with Crippen molar-refractivity contribution in [3.63, 3.8) is 0 Å². The molecular formula is C21H24N4O3. The first-order valence-corrected chi connectivity index (χ1v) is 9.84. The van der Waals surface area contributed by atoms with Gasteiger partial charge in [-0.25, -0.2) is 0 Å². The number of hydrogen-bond donors (Lipinski definition) is 2. The van der Waals surface area contributed by atoms with Crippen LogP contribution in [0.15, 0.2) is 36.4 Å². The normalized spacial score (nSPS) is 21.6. The maximum atomic E-state index is 12.6. The van der Waals surface area contributed by atoms with Crippen LogP contribution in [0.4, 0.5) is 5.69 Å². The molecule has 2 aromatic rings. The zero-order valence-electron chi connectivity index (χ0n) is 15.7. The van der Waals surface area contributed by atoms with Gasteiger partial charge in [0.2, 0.25) is 5.91 Å². The monoisotopic (exact) mass is 380 g/mol. The fourth-order valence-electron chi connectivity index (χ4n) is 4.01. The van der Waals surface area contributed by atoms with E-state index in [0.717, 1.165) is 43.0 Å². The summed E-state index contributed by atoms with van der Waals surface area (Å²) in [6, 6.07) is 7.51. The van der Waals surface area contributed by atoms with Gasteiger partial charge in [-0.1, -0.05) is 18.6 Å². The zero-order chi connectivity index (χ0) is 19.5. The fraction of sp³-hybridized carbons (Fsp3) is 0.429. The largest absolute Gasteiger partial charge is 0.481 e. The van der Waals surface area contributed by atoms with Crippen molar-refractivity contribution in [2.75, 3.05) is 5.32 Å². The van der Waals surface area contributed by atoms with Crippen LogP contribution in [0.1, 0.15) is 37.9 Å². The highest BCUT2D eigenvalue weighted by Gasteiger charge is 2.33. The number of hydrogen-bond acceptors (Lipinski definition) is 4. The number of carbonyl (C=O) groups excluding carboxylic acids is 1. The first kappa shape index (κ1) is 18.4. The number of aromatic nitrogens is 3. The molecule has 0 spiro atoms. The lowest BCUT2D eigenvalue weighted by molar-refractivity contribution is -0.146. The number of rotatable bonds is 4. The molecule has 2 aliphatic rings. The number of amides is 1. The first-order valence-electron chi connectivity index (χ1n) is 9.84. The number of benzene rings is 1. The van der Waals surface area contributed by atoms with Crippen LogP contribution in [-0.4, -0.2) is 31.7 Å². The molecule has 7 nitrogen and oxygen atoms in total. The number of carboxylic acids is 1. The van der Waals surface area contributed by atoms with E-state index in [1.165, 1.54) is 6.42 Å². The Balaban J connectivity index is 1.48. The van der Waals surface area contributed by atoms with Crippen LogP contribution < -0.4 is 5.32 Å². The molecule has 0 fully saturated rings. The molecule has 2 atom stereocenters. The van der Waals surface area contributed by atoms with Crippen LogP contribution in [0.25, 0.3) is 11.4 Å². The number of nitrogens with zero attached hydrogens (tertiary/aromatic N) is 3. The summed E-state index contributed by atoms with van der Waals surface area (Å²) in [6.45, 7) is 0.932. The number of carboxylic acid groups (broad SMARTS) is 1. The van der Waals surface area contributed by atoms with E-state index in [1.807, 2.05) is 36.4 Å². The van der Waals surface area contributed by atoms with Crippen LogP contribution in [0.5, 0.6) is 0 Å².